The Morgan fingerprint density at radius 1 is 1.20 bits per heavy atom. The molecule has 20 heavy (non-hydrogen) atoms. The van der Waals surface area contributed by atoms with Gasteiger partial charge in [-0.15, -0.1) is 0 Å². The molecule has 0 aliphatic carbocycles. The van der Waals surface area contributed by atoms with Crippen molar-refractivity contribution in [2.75, 3.05) is 26.7 Å². The standard InChI is InChI=1S/C18H29N2/c1-4-17-15-16(10-11-18(17)19(2)3)9-8-14-20-12-6-5-7-13-20/h10-11,15H,2,4-9,12-14H2,1,3H3/q+1. The van der Waals surface area contributed by atoms with E-state index in [-0.39, 0.29) is 0 Å². The van der Waals surface area contributed by atoms with Crippen LogP contribution in [0.1, 0.15) is 43.7 Å². The van der Waals surface area contributed by atoms with Crippen LogP contribution in [0.4, 0.5) is 5.69 Å². The van der Waals surface area contributed by atoms with Crippen LogP contribution < -0.4 is 0 Å². The van der Waals surface area contributed by atoms with Gasteiger partial charge in [0.25, 0.3) is 0 Å². The highest BCUT2D eigenvalue weighted by Crippen LogP contribution is 2.21. The number of piperidine rings is 1. The smallest absolute Gasteiger partial charge is 0.207 e. The van der Waals surface area contributed by atoms with E-state index in [1.165, 1.54) is 68.6 Å². The summed E-state index contributed by atoms with van der Waals surface area (Å²) in [5.74, 6) is 0. The third kappa shape index (κ3) is 4.17. The van der Waals surface area contributed by atoms with Crippen LogP contribution in [0.3, 0.4) is 0 Å². The molecule has 1 saturated heterocycles. The number of rotatable bonds is 6. The highest BCUT2D eigenvalue weighted by molar-refractivity contribution is 5.44. The van der Waals surface area contributed by atoms with Crippen LogP contribution in [0, 0.1) is 0 Å². The summed E-state index contributed by atoms with van der Waals surface area (Å²) in [7, 11) is 2.02. The first-order chi connectivity index (χ1) is 9.70. The Balaban J connectivity index is 1.87. The molecule has 1 aliphatic heterocycles. The van der Waals surface area contributed by atoms with Gasteiger partial charge in [0.15, 0.2) is 0 Å². The molecule has 2 heteroatoms. The van der Waals surface area contributed by atoms with Crippen molar-refractivity contribution in [1.82, 2.24) is 4.90 Å². The molecule has 0 atom stereocenters. The Bertz CT molecular complexity index is 445. The zero-order valence-corrected chi connectivity index (χ0v) is 13.2. The maximum Gasteiger partial charge on any atom is 0.207 e. The molecule has 1 heterocycles. The lowest BCUT2D eigenvalue weighted by atomic mass is 10.0. The summed E-state index contributed by atoms with van der Waals surface area (Å²) in [6.07, 6.45) is 7.77. The summed E-state index contributed by atoms with van der Waals surface area (Å²) >= 11 is 0. The molecule has 0 bridgehead atoms. The van der Waals surface area contributed by atoms with E-state index in [4.69, 9.17) is 0 Å². The lowest BCUT2D eigenvalue weighted by Crippen LogP contribution is -2.30. The van der Waals surface area contributed by atoms with Gasteiger partial charge >= 0.3 is 0 Å². The van der Waals surface area contributed by atoms with E-state index in [0.717, 1.165) is 6.42 Å². The van der Waals surface area contributed by atoms with Crippen molar-refractivity contribution in [1.29, 1.82) is 0 Å². The van der Waals surface area contributed by atoms with Crippen LogP contribution >= 0.6 is 0 Å². The van der Waals surface area contributed by atoms with Crippen molar-refractivity contribution in [2.24, 2.45) is 0 Å². The predicted molar refractivity (Wildman–Crippen MR) is 87.4 cm³/mol. The number of hydrogen-bond acceptors (Lipinski definition) is 1. The van der Waals surface area contributed by atoms with E-state index >= 15 is 0 Å². The Labute approximate surface area is 124 Å². The summed E-state index contributed by atoms with van der Waals surface area (Å²) in [5.41, 5.74) is 4.15. The Hall–Kier alpha value is -1.15. The zero-order valence-electron chi connectivity index (χ0n) is 13.2. The van der Waals surface area contributed by atoms with E-state index in [1.807, 2.05) is 11.6 Å². The van der Waals surface area contributed by atoms with Crippen molar-refractivity contribution in [3.05, 3.63) is 29.3 Å². The van der Waals surface area contributed by atoms with Gasteiger partial charge in [-0.1, -0.05) is 19.4 Å². The fourth-order valence-corrected chi connectivity index (χ4v) is 3.14. The molecule has 0 saturated carbocycles. The number of benzene rings is 1. The van der Waals surface area contributed by atoms with Crippen LogP contribution in [0.5, 0.6) is 0 Å². The molecule has 1 fully saturated rings. The van der Waals surface area contributed by atoms with Gasteiger partial charge in [0.05, 0.1) is 0 Å². The van der Waals surface area contributed by atoms with Crippen LogP contribution in [0.15, 0.2) is 18.2 Å². The molecule has 1 aromatic rings. The van der Waals surface area contributed by atoms with E-state index in [1.54, 1.807) is 0 Å². The van der Waals surface area contributed by atoms with Gasteiger partial charge in [0.2, 0.25) is 5.69 Å². The normalized spacial score (nSPS) is 16.3. The van der Waals surface area contributed by atoms with Gasteiger partial charge < -0.3 is 4.90 Å². The third-order valence-electron chi connectivity index (χ3n) is 4.32. The molecule has 1 aromatic carbocycles. The quantitative estimate of drug-likeness (QED) is 0.566. The molecule has 1 aliphatic rings. The van der Waals surface area contributed by atoms with Crippen LogP contribution in [-0.2, 0) is 12.8 Å². The van der Waals surface area contributed by atoms with Gasteiger partial charge in [-0.2, -0.15) is 0 Å². The molecule has 0 aromatic heterocycles. The number of aryl methyl sites for hydroxylation is 2. The molecule has 2 rings (SSSR count). The first kappa shape index (κ1) is 15.2. The van der Waals surface area contributed by atoms with E-state index in [2.05, 4.69) is 36.7 Å². The Kier molecular flexibility index (Phi) is 5.78. The first-order valence-corrected chi connectivity index (χ1v) is 8.09. The number of nitrogens with zero attached hydrogens (tertiary/aromatic N) is 2. The highest BCUT2D eigenvalue weighted by Gasteiger charge is 2.11. The van der Waals surface area contributed by atoms with Crippen LogP contribution in [0.2, 0.25) is 0 Å². The van der Waals surface area contributed by atoms with Gasteiger partial charge in [-0.3, -0.25) is 0 Å². The Morgan fingerprint density at radius 2 is 1.95 bits per heavy atom. The summed E-state index contributed by atoms with van der Waals surface area (Å²) < 4.78 is 1.97. The topological polar surface area (TPSA) is 6.25 Å². The first-order valence-electron chi connectivity index (χ1n) is 8.09. The van der Waals surface area contributed by atoms with E-state index in [9.17, 15) is 0 Å². The minimum absolute atomic E-state index is 1.08. The molecule has 110 valence electrons. The van der Waals surface area contributed by atoms with Crippen molar-refractivity contribution in [3.8, 4) is 0 Å². The van der Waals surface area contributed by atoms with Gasteiger partial charge in [-0.05, 0) is 63.4 Å². The van der Waals surface area contributed by atoms with Crippen LogP contribution in [0.25, 0.3) is 0 Å². The van der Waals surface area contributed by atoms with E-state index < -0.39 is 0 Å². The minimum atomic E-state index is 1.08. The lowest BCUT2D eigenvalue weighted by Gasteiger charge is -2.26. The average Bonchev–Trinajstić information content (AvgIpc) is 2.48. The molecule has 2 nitrogen and oxygen atoms in total. The van der Waals surface area contributed by atoms with Gasteiger partial charge in [0.1, 0.15) is 13.8 Å². The van der Waals surface area contributed by atoms with Crippen molar-refractivity contribution in [2.45, 2.75) is 45.4 Å². The fourth-order valence-electron chi connectivity index (χ4n) is 3.14. The average molecular weight is 273 g/mol. The largest absolute Gasteiger partial charge is 0.303 e. The molecule has 0 amide bonds. The monoisotopic (exact) mass is 273 g/mol. The summed E-state index contributed by atoms with van der Waals surface area (Å²) in [6.45, 7) is 10.1. The summed E-state index contributed by atoms with van der Waals surface area (Å²) in [6, 6.07) is 6.86. The second-order valence-corrected chi connectivity index (χ2v) is 6.02. The third-order valence-corrected chi connectivity index (χ3v) is 4.32. The second kappa shape index (κ2) is 7.58. The molecule has 0 N–H and O–H groups in total. The number of likely N-dealkylation sites (tertiary alicyclic amines) is 1. The van der Waals surface area contributed by atoms with Crippen molar-refractivity contribution in [3.63, 3.8) is 0 Å². The van der Waals surface area contributed by atoms with Crippen molar-refractivity contribution >= 4 is 12.4 Å². The second-order valence-electron chi connectivity index (χ2n) is 6.02. The summed E-state index contributed by atoms with van der Waals surface area (Å²) in [4.78, 5) is 2.63. The van der Waals surface area contributed by atoms with E-state index in [0.29, 0.717) is 0 Å². The van der Waals surface area contributed by atoms with Crippen molar-refractivity contribution < 1.29 is 4.58 Å². The predicted octanol–water partition coefficient (Wildman–Crippen LogP) is 3.64. The maximum absolute atomic E-state index is 4.00. The van der Waals surface area contributed by atoms with Gasteiger partial charge in [0, 0.05) is 11.6 Å². The molecular weight excluding hydrogens is 244 g/mol. The highest BCUT2D eigenvalue weighted by atomic mass is 15.1. The zero-order chi connectivity index (χ0) is 14.4. The molecule has 0 unspecified atom stereocenters. The SMILES string of the molecule is C=[N+](C)c1ccc(CCCN2CCCCC2)cc1CC. The number of hydrogen-bond donors (Lipinski definition) is 0. The molecule has 0 spiro atoms. The van der Waals surface area contributed by atoms with Crippen LogP contribution in [-0.4, -0.2) is 42.9 Å². The van der Waals surface area contributed by atoms with Gasteiger partial charge in [-0.25, -0.2) is 4.58 Å². The Morgan fingerprint density at radius 3 is 2.60 bits per heavy atom. The lowest BCUT2D eigenvalue weighted by molar-refractivity contribution is -0.395. The molecule has 0 radical (unpaired) electrons. The molecular formula is C18H29N2+. The fraction of sp³-hybridized carbons (Fsp3) is 0.611. The maximum atomic E-state index is 4.00. The summed E-state index contributed by atoms with van der Waals surface area (Å²) in [5, 5.41) is 0. The minimum Gasteiger partial charge on any atom is -0.303 e.